The van der Waals surface area contributed by atoms with Crippen LogP contribution < -0.4 is 5.32 Å². The molecule has 0 aliphatic carbocycles. The molecule has 1 aliphatic rings. The summed E-state index contributed by atoms with van der Waals surface area (Å²) in [6, 6.07) is 8.34. The van der Waals surface area contributed by atoms with Crippen LogP contribution in [0, 0.1) is 0 Å². The van der Waals surface area contributed by atoms with Crippen LogP contribution in [0.3, 0.4) is 0 Å². The van der Waals surface area contributed by atoms with Crippen molar-refractivity contribution in [2.45, 2.75) is 25.1 Å². The number of halogens is 2. The van der Waals surface area contributed by atoms with E-state index < -0.39 is 0 Å². The molecule has 1 atom stereocenters. The maximum atomic E-state index is 6.43. The van der Waals surface area contributed by atoms with Crippen molar-refractivity contribution in [2.75, 3.05) is 12.3 Å². The summed E-state index contributed by atoms with van der Waals surface area (Å²) in [7, 11) is 0. The lowest BCUT2D eigenvalue weighted by atomic mass is 10.0. The maximum absolute atomic E-state index is 6.43. The van der Waals surface area contributed by atoms with E-state index in [-0.39, 0.29) is 6.04 Å². The number of hydrogen-bond donors (Lipinski definition) is 1. The van der Waals surface area contributed by atoms with E-state index in [1.165, 1.54) is 27.5 Å². The number of nitrogens with one attached hydrogen (secondary N) is 1. The molecule has 0 bridgehead atoms. The summed E-state index contributed by atoms with van der Waals surface area (Å²) in [6.45, 7) is 3.01. The van der Waals surface area contributed by atoms with Gasteiger partial charge in [0, 0.05) is 15.5 Å². The van der Waals surface area contributed by atoms with E-state index in [4.69, 9.17) is 23.2 Å². The van der Waals surface area contributed by atoms with E-state index in [2.05, 4.69) is 24.4 Å². The Balaban J connectivity index is 2.01. The summed E-state index contributed by atoms with van der Waals surface area (Å²) >= 11 is 16.5. The molecule has 0 fully saturated rings. The van der Waals surface area contributed by atoms with Gasteiger partial charge in [0.1, 0.15) is 0 Å². The van der Waals surface area contributed by atoms with Gasteiger partial charge in [0.25, 0.3) is 0 Å². The van der Waals surface area contributed by atoms with Crippen molar-refractivity contribution in [3.8, 4) is 0 Å². The SMILES string of the molecule is CCNC(c1cc2c(s1)CCSC2)c1cccc(Cl)c1Cl. The fourth-order valence-corrected chi connectivity index (χ4v) is 5.51. The molecule has 3 rings (SSSR count). The highest BCUT2D eigenvalue weighted by atomic mass is 35.5. The Morgan fingerprint density at radius 3 is 2.95 bits per heavy atom. The van der Waals surface area contributed by atoms with Gasteiger partial charge in [0.15, 0.2) is 0 Å². The van der Waals surface area contributed by atoms with Gasteiger partial charge in [0.2, 0.25) is 0 Å². The molecular weight excluding hydrogens is 341 g/mol. The Kier molecular flexibility index (Phi) is 5.18. The average molecular weight is 358 g/mol. The number of thiophene rings is 1. The molecule has 1 aromatic heterocycles. The van der Waals surface area contributed by atoms with Gasteiger partial charge in [-0.3, -0.25) is 0 Å². The lowest BCUT2D eigenvalue weighted by molar-refractivity contribution is 0.639. The molecule has 2 aromatic rings. The molecule has 1 unspecified atom stereocenters. The van der Waals surface area contributed by atoms with Crippen molar-refractivity contribution in [3.05, 3.63) is 55.2 Å². The summed E-state index contributed by atoms with van der Waals surface area (Å²) in [4.78, 5) is 2.87. The second-order valence-corrected chi connectivity index (χ2v) is 8.09. The van der Waals surface area contributed by atoms with Gasteiger partial charge in [-0.05, 0) is 42.0 Å². The summed E-state index contributed by atoms with van der Waals surface area (Å²) in [5, 5.41) is 4.83. The van der Waals surface area contributed by atoms with Gasteiger partial charge >= 0.3 is 0 Å². The Labute approximate surface area is 144 Å². The topological polar surface area (TPSA) is 12.0 Å². The minimum absolute atomic E-state index is 0.127. The van der Waals surface area contributed by atoms with Crippen LogP contribution in [0.2, 0.25) is 10.0 Å². The Morgan fingerprint density at radius 2 is 2.19 bits per heavy atom. The third-order valence-electron chi connectivity index (χ3n) is 3.63. The zero-order valence-electron chi connectivity index (χ0n) is 11.8. The van der Waals surface area contributed by atoms with Crippen LogP contribution in [0.15, 0.2) is 24.3 Å². The van der Waals surface area contributed by atoms with Crippen molar-refractivity contribution in [3.63, 3.8) is 0 Å². The zero-order valence-corrected chi connectivity index (χ0v) is 14.9. The number of fused-ring (bicyclic) bond motifs is 1. The molecule has 5 heteroatoms. The van der Waals surface area contributed by atoms with E-state index in [0.717, 1.165) is 17.9 Å². The highest BCUT2D eigenvalue weighted by Crippen LogP contribution is 2.39. The fourth-order valence-electron chi connectivity index (χ4n) is 2.62. The second-order valence-electron chi connectivity index (χ2n) is 5.03. The summed E-state index contributed by atoms with van der Waals surface area (Å²) in [5.74, 6) is 2.37. The van der Waals surface area contributed by atoms with Crippen LogP contribution in [0.1, 0.15) is 33.8 Å². The number of benzene rings is 1. The third-order valence-corrected chi connectivity index (χ3v) is 6.78. The number of rotatable bonds is 4. The largest absolute Gasteiger partial charge is 0.306 e. The number of aryl methyl sites for hydroxylation is 1. The van der Waals surface area contributed by atoms with Crippen LogP contribution in [0.4, 0.5) is 0 Å². The van der Waals surface area contributed by atoms with Crippen LogP contribution in [0.25, 0.3) is 0 Å². The van der Waals surface area contributed by atoms with E-state index in [0.29, 0.717) is 10.0 Å². The summed E-state index contributed by atoms with van der Waals surface area (Å²) < 4.78 is 0. The molecule has 0 saturated heterocycles. The minimum atomic E-state index is 0.127. The van der Waals surface area contributed by atoms with Crippen LogP contribution in [-0.2, 0) is 12.2 Å². The van der Waals surface area contributed by atoms with Gasteiger partial charge < -0.3 is 5.32 Å². The molecule has 0 saturated carbocycles. The van der Waals surface area contributed by atoms with Gasteiger partial charge in [-0.1, -0.05) is 42.3 Å². The minimum Gasteiger partial charge on any atom is -0.306 e. The van der Waals surface area contributed by atoms with Gasteiger partial charge in [-0.2, -0.15) is 11.8 Å². The zero-order chi connectivity index (χ0) is 14.8. The first-order valence-corrected chi connectivity index (χ1v) is 9.80. The molecule has 1 nitrogen and oxygen atoms in total. The molecule has 1 aromatic carbocycles. The predicted molar refractivity (Wildman–Crippen MR) is 96.2 cm³/mol. The van der Waals surface area contributed by atoms with Crippen molar-refractivity contribution in [1.29, 1.82) is 0 Å². The van der Waals surface area contributed by atoms with Crippen LogP contribution >= 0.6 is 46.3 Å². The average Bonchev–Trinajstić information content (AvgIpc) is 2.91. The van der Waals surface area contributed by atoms with Gasteiger partial charge in [0.05, 0.1) is 16.1 Å². The Morgan fingerprint density at radius 1 is 1.33 bits per heavy atom. The number of thioether (sulfide) groups is 1. The summed E-state index contributed by atoms with van der Waals surface area (Å²) in [5.41, 5.74) is 2.56. The van der Waals surface area contributed by atoms with E-state index in [9.17, 15) is 0 Å². The first-order valence-electron chi connectivity index (χ1n) is 7.07. The molecule has 0 radical (unpaired) electrons. The maximum Gasteiger partial charge on any atom is 0.0686 e. The second kappa shape index (κ2) is 6.93. The smallest absolute Gasteiger partial charge is 0.0686 e. The van der Waals surface area contributed by atoms with E-state index in [1.807, 2.05) is 35.2 Å². The number of hydrogen-bond acceptors (Lipinski definition) is 3. The quantitative estimate of drug-likeness (QED) is 0.770. The molecule has 1 aliphatic heterocycles. The predicted octanol–water partition coefficient (Wildman–Crippen LogP) is 5.54. The van der Waals surface area contributed by atoms with Crippen molar-refractivity contribution < 1.29 is 0 Å². The molecule has 112 valence electrons. The van der Waals surface area contributed by atoms with Crippen LogP contribution in [-0.4, -0.2) is 12.3 Å². The molecule has 21 heavy (non-hydrogen) atoms. The molecule has 2 heterocycles. The fraction of sp³-hybridized carbons (Fsp3) is 0.375. The molecule has 0 amide bonds. The first kappa shape index (κ1) is 15.7. The van der Waals surface area contributed by atoms with E-state index in [1.54, 1.807) is 0 Å². The monoisotopic (exact) mass is 357 g/mol. The summed E-state index contributed by atoms with van der Waals surface area (Å²) in [6.07, 6.45) is 1.19. The molecular formula is C16H17Cl2NS2. The van der Waals surface area contributed by atoms with Gasteiger partial charge in [-0.15, -0.1) is 11.3 Å². The Bertz CT molecular complexity index is 616. The van der Waals surface area contributed by atoms with Crippen molar-refractivity contribution in [2.24, 2.45) is 0 Å². The van der Waals surface area contributed by atoms with Crippen molar-refractivity contribution >= 4 is 46.3 Å². The lowest BCUT2D eigenvalue weighted by Crippen LogP contribution is -2.21. The standard InChI is InChI=1S/C16H17Cl2NS2/c1-2-19-16(11-4-3-5-12(17)15(11)18)14-8-10-9-20-7-6-13(10)21-14/h3-5,8,16,19H,2,6-7,9H2,1H3. The normalized spacial score (nSPS) is 15.8. The lowest BCUT2D eigenvalue weighted by Gasteiger charge is -2.19. The van der Waals surface area contributed by atoms with E-state index >= 15 is 0 Å². The highest BCUT2D eigenvalue weighted by Gasteiger charge is 2.22. The molecule has 0 spiro atoms. The van der Waals surface area contributed by atoms with Crippen LogP contribution in [0.5, 0.6) is 0 Å². The Hall–Kier alpha value is -0.190. The molecule has 1 N–H and O–H groups in total. The van der Waals surface area contributed by atoms with Gasteiger partial charge in [-0.25, -0.2) is 0 Å². The van der Waals surface area contributed by atoms with Crippen molar-refractivity contribution in [1.82, 2.24) is 5.32 Å². The highest BCUT2D eigenvalue weighted by molar-refractivity contribution is 7.98. The third kappa shape index (κ3) is 3.27. The first-order chi connectivity index (χ1) is 10.2.